The van der Waals surface area contributed by atoms with Gasteiger partial charge in [0.1, 0.15) is 0 Å². The summed E-state index contributed by atoms with van der Waals surface area (Å²) in [5.74, 6) is 0.958. The van der Waals surface area contributed by atoms with E-state index in [1.54, 1.807) is 14.2 Å². The minimum Gasteiger partial charge on any atom is -0.385 e. The summed E-state index contributed by atoms with van der Waals surface area (Å²) in [6, 6.07) is 10.2. The highest BCUT2D eigenvalue weighted by atomic mass is 32.3. The highest BCUT2D eigenvalue weighted by Gasteiger charge is 2.10. The Morgan fingerprint density at radius 2 is 1.75 bits per heavy atom. The van der Waals surface area contributed by atoms with Crippen molar-refractivity contribution in [3.8, 4) is 0 Å². The number of anilines is 1. The minimum atomic E-state index is -1.31. The average Bonchev–Trinajstić information content (AvgIpc) is 2.36. The van der Waals surface area contributed by atoms with Gasteiger partial charge in [-0.3, -0.25) is 8.37 Å². The molecule has 3 nitrogen and oxygen atoms in total. The molecule has 0 aliphatic heterocycles. The van der Waals surface area contributed by atoms with Gasteiger partial charge in [-0.25, -0.2) is 0 Å². The van der Waals surface area contributed by atoms with E-state index in [2.05, 4.69) is 17.4 Å². The number of hydrogen-bond donors (Lipinski definition) is 1. The van der Waals surface area contributed by atoms with Crippen LogP contribution in [-0.4, -0.2) is 32.8 Å². The highest BCUT2D eigenvalue weighted by Crippen LogP contribution is 2.44. The molecule has 0 unspecified atom stereocenters. The lowest BCUT2D eigenvalue weighted by molar-refractivity contribution is 0.351. The first-order valence-corrected chi connectivity index (χ1v) is 7.42. The third kappa shape index (κ3) is 4.43. The third-order valence-corrected chi connectivity index (χ3v) is 4.94. The summed E-state index contributed by atoms with van der Waals surface area (Å²) in [6.07, 6.45) is 3.08. The molecule has 0 aromatic heterocycles. The second-order valence-corrected chi connectivity index (χ2v) is 6.54. The molecule has 1 aromatic rings. The fourth-order valence-corrected chi connectivity index (χ4v) is 2.50. The summed E-state index contributed by atoms with van der Waals surface area (Å²) < 4.78 is 10.7. The molecule has 0 aliphatic rings. The molecule has 0 saturated carbocycles. The van der Waals surface area contributed by atoms with Crippen LogP contribution >= 0.6 is 10.6 Å². The fourth-order valence-electron chi connectivity index (χ4n) is 1.36. The van der Waals surface area contributed by atoms with Crippen molar-refractivity contribution < 1.29 is 8.37 Å². The van der Waals surface area contributed by atoms with E-state index >= 15 is 0 Å². The summed E-state index contributed by atoms with van der Waals surface area (Å²) in [5.41, 5.74) is 1.16. The van der Waals surface area contributed by atoms with Crippen LogP contribution in [0.5, 0.6) is 0 Å². The van der Waals surface area contributed by atoms with Gasteiger partial charge < -0.3 is 5.32 Å². The molecule has 16 heavy (non-hydrogen) atoms. The van der Waals surface area contributed by atoms with Crippen LogP contribution in [-0.2, 0) is 8.37 Å². The predicted molar refractivity (Wildman–Crippen MR) is 71.9 cm³/mol. The molecule has 1 aromatic carbocycles. The number of hydrogen-bond acceptors (Lipinski definition) is 3. The van der Waals surface area contributed by atoms with Crippen molar-refractivity contribution in [2.24, 2.45) is 0 Å². The van der Waals surface area contributed by atoms with Crippen LogP contribution in [0, 0.1) is 0 Å². The van der Waals surface area contributed by atoms with Gasteiger partial charge in [0.25, 0.3) is 0 Å². The summed E-state index contributed by atoms with van der Waals surface area (Å²) in [4.78, 5) is 0. The molecule has 0 spiro atoms. The van der Waals surface area contributed by atoms with Crippen LogP contribution in [0.1, 0.15) is 6.42 Å². The van der Waals surface area contributed by atoms with Crippen LogP contribution in [0.4, 0.5) is 5.69 Å². The molecule has 0 fully saturated rings. The van der Waals surface area contributed by atoms with Crippen LogP contribution in [0.2, 0.25) is 0 Å². The van der Waals surface area contributed by atoms with Crippen molar-refractivity contribution in [1.82, 2.24) is 0 Å². The molecule has 0 saturated heterocycles. The van der Waals surface area contributed by atoms with E-state index in [9.17, 15) is 0 Å². The molecule has 1 rings (SSSR count). The van der Waals surface area contributed by atoms with E-state index in [1.165, 1.54) is 0 Å². The first-order valence-electron chi connectivity index (χ1n) is 5.36. The smallest absolute Gasteiger partial charge is 0.0603 e. The van der Waals surface area contributed by atoms with Gasteiger partial charge in [0.05, 0.1) is 14.2 Å². The van der Waals surface area contributed by atoms with Crippen LogP contribution < -0.4 is 5.32 Å². The molecule has 0 bridgehead atoms. The zero-order valence-corrected chi connectivity index (χ0v) is 11.0. The van der Waals surface area contributed by atoms with Crippen molar-refractivity contribution in [3.63, 3.8) is 0 Å². The molecule has 4 heteroatoms. The van der Waals surface area contributed by atoms with Crippen molar-refractivity contribution in [1.29, 1.82) is 0 Å². The number of nitrogens with one attached hydrogen (secondary N) is 1. The van der Waals surface area contributed by atoms with Gasteiger partial charge in [0.2, 0.25) is 0 Å². The topological polar surface area (TPSA) is 30.5 Å². The Hall–Kier alpha value is -0.710. The Kier molecular flexibility index (Phi) is 5.66. The van der Waals surface area contributed by atoms with Crippen molar-refractivity contribution >= 4 is 16.3 Å². The fraction of sp³-hybridized carbons (Fsp3) is 0.500. The summed E-state index contributed by atoms with van der Waals surface area (Å²) in [6.45, 7) is 0.944. The molecule has 0 radical (unpaired) electrons. The van der Waals surface area contributed by atoms with Gasteiger partial charge in [-0.05, 0) is 18.6 Å². The Morgan fingerprint density at radius 3 is 2.31 bits per heavy atom. The van der Waals surface area contributed by atoms with E-state index in [-0.39, 0.29) is 0 Å². The molecule has 1 N–H and O–H groups in total. The van der Waals surface area contributed by atoms with Gasteiger partial charge in [0, 0.05) is 24.2 Å². The van der Waals surface area contributed by atoms with E-state index in [1.807, 2.05) is 24.5 Å². The maximum Gasteiger partial charge on any atom is 0.0603 e. The standard InChI is InChI=1S/C12H21NO2S/c1-14-16(3,15-2)11-7-10-13-12-8-5-4-6-9-12/h4-6,8-9,13H,7,10-11H2,1-3H3. The molecular weight excluding hydrogens is 222 g/mol. The van der Waals surface area contributed by atoms with Crippen LogP contribution in [0.3, 0.4) is 0 Å². The summed E-state index contributed by atoms with van der Waals surface area (Å²) >= 11 is 0. The van der Waals surface area contributed by atoms with E-state index in [4.69, 9.17) is 8.37 Å². The number of rotatable bonds is 7. The number of para-hydroxylation sites is 1. The zero-order chi connectivity index (χ0) is 11.9. The first kappa shape index (κ1) is 13.4. The third-order valence-electron chi connectivity index (χ3n) is 2.50. The zero-order valence-electron chi connectivity index (χ0n) is 10.2. The monoisotopic (exact) mass is 243 g/mol. The predicted octanol–water partition coefficient (Wildman–Crippen LogP) is 3.05. The minimum absolute atomic E-state index is 0.944. The SMILES string of the molecule is COS(C)(CCCNc1ccccc1)OC. The van der Waals surface area contributed by atoms with Gasteiger partial charge >= 0.3 is 0 Å². The maximum absolute atomic E-state index is 5.37. The molecule has 92 valence electrons. The van der Waals surface area contributed by atoms with Gasteiger partial charge in [0.15, 0.2) is 0 Å². The molecule has 0 amide bonds. The van der Waals surface area contributed by atoms with E-state index < -0.39 is 10.6 Å². The molecular formula is C12H21NO2S. The Bertz CT molecular complexity index is 288. The van der Waals surface area contributed by atoms with Crippen molar-refractivity contribution in [3.05, 3.63) is 30.3 Å². The van der Waals surface area contributed by atoms with Gasteiger partial charge in [-0.2, -0.15) is 10.6 Å². The lowest BCUT2D eigenvalue weighted by Gasteiger charge is -2.36. The van der Waals surface area contributed by atoms with Gasteiger partial charge in [-0.1, -0.05) is 18.2 Å². The lowest BCUT2D eigenvalue weighted by Crippen LogP contribution is -2.11. The van der Waals surface area contributed by atoms with Crippen LogP contribution in [0.25, 0.3) is 0 Å². The second-order valence-electron chi connectivity index (χ2n) is 3.61. The Morgan fingerprint density at radius 1 is 1.12 bits per heavy atom. The Labute approximate surface area is 99.9 Å². The normalized spacial score (nSPS) is 12.4. The largest absolute Gasteiger partial charge is 0.385 e. The second kappa shape index (κ2) is 6.78. The average molecular weight is 243 g/mol. The summed E-state index contributed by atoms with van der Waals surface area (Å²) in [7, 11) is 2.11. The summed E-state index contributed by atoms with van der Waals surface area (Å²) in [5, 5.41) is 3.37. The maximum atomic E-state index is 5.37. The van der Waals surface area contributed by atoms with Gasteiger partial charge in [-0.15, -0.1) is 0 Å². The lowest BCUT2D eigenvalue weighted by atomic mass is 10.3. The van der Waals surface area contributed by atoms with Crippen molar-refractivity contribution in [2.75, 3.05) is 38.1 Å². The molecule has 0 heterocycles. The highest BCUT2D eigenvalue weighted by molar-refractivity contribution is 8.25. The van der Waals surface area contributed by atoms with E-state index in [0.29, 0.717) is 0 Å². The molecule has 0 aliphatic carbocycles. The number of benzene rings is 1. The quantitative estimate of drug-likeness (QED) is 0.747. The molecule has 0 atom stereocenters. The van der Waals surface area contributed by atoms with Crippen molar-refractivity contribution in [2.45, 2.75) is 6.42 Å². The Balaban J connectivity index is 2.22. The van der Waals surface area contributed by atoms with E-state index in [0.717, 1.165) is 24.4 Å². The van der Waals surface area contributed by atoms with Crippen LogP contribution in [0.15, 0.2) is 30.3 Å². The first-order chi connectivity index (χ1) is 7.70.